The molecular weight excluding hydrogens is 330 g/mol. The van der Waals surface area contributed by atoms with Crippen molar-refractivity contribution in [3.8, 4) is 11.5 Å². The van der Waals surface area contributed by atoms with Gasteiger partial charge < -0.3 is 14.8 Å². The highest BCUT2D eigenvalue weighted by atomic mass is 79.9. The van der Waals surface area contributed by atoms with Crippen LogP contribution in [0.4, 0.5) is 0 Å². The van der Waals surface area contributed by atoms with Gasteiger partial charge in [0.05, 0.1) is 14.2 Å². The van der Waals surface area contributed by atoms with Crippen molar-refractivity contribution in [2.75, 3.05) is 20.8 Å². The van der Waals surface area contributed by atoms with E-state index in [1.54, 1.807) is 14.2 Å². The van der Waals surface area contributed by atoms with E-state index in [0.717, 1.165) is 41.8 Å². The summed E-state index contributed by atoms with van der Waals surface area (Å²) in [7, 11) is 3.42. The Hall–Kier alpha value is -0.740. The van der Waals surface area contributed by atoms with Gasteiger partial charge in [-0.1, -0.05) is 26.2 Å². The summed E-state index contributed by atoms with van der Waals surface area (Å²) in [6, 6.07) is 4.20. The van der Waals surface area contributed by atoms with Gasteiger partial charge in [0.1, 0.15) is 16.0 Å². The number of hydrogen-bond donors (Lipinski definition) is 1. The minimum absolute atomic E-state index is 0.0192. The molecule has 3 nitrogen and oxygen atoms in total. The molecule has 0 radical (unpaired) electrons. The van der Waals surface area contributed by atoms with Gasteiger partial charge >= 0.3 is 0 Å². The molecule has 1 heterocycles. The molecule has 0 amide bonds. The van der Waals surface area contributed by atoms with Gasteiger partial charge in [-0.05, 0) is 53.9 Å². The number of methoxy groups -OCH3 is 2. The SMILES string of the molecule is CCCC1(c2ccc(OC)c(Br)c2OC)CCCCCN1. The molecule has 118 valence electrons. The van der Waals surface area contributed by atoms with Crippen LogP contribution in [0.3, 0.4) is 0 Å². The Kier molecular flexibility index (Phi) is 5.94. The first kappa shape index (κ1) is 16.6. The molecule has 0 bridgehead atoms. The highest BCUT2D eigenvalue weighted by Crippen LogP contribution is 2.45. The van der Waals surface area contributed by atoms with Crippen LogP contribution in [0.15, 0.2) is 16.6 Å². The fraction of sp³-hybridized carbons (Fsp3) is 0.647. The van der Waals surface area contributed by atoms with Crippen LogP contribution in [0.25, 0.3) is 0 Å². The van der Waals surface area contributed by atoms with Crippen molar-refractivity contribution in [3.05, 3.63) is 22.2 Å². The lowest BCUT2D eigenvalue weighted by Crippen LogP contribution is -2.42. The lowest BCUT2D eigenvalue weighted by Gasteiger charge is -2.36. The second-order valence-corrected chi connectivity index (χ2v) is 6.53. The van der Waals surface area contributed by atoms with Crippen molar-refractivity contribution in [1.82, 2.24) is 5.32 Å². The summed E-state index contributed by atoms with van der Waals surface area (Å²) in [6.45, 7) is 3.33. The van der Waals surface area contributed by atoms with Crippen LogP contribution in [0.5, 0.6) is 11.5 Å². The van der Waals surface area contributed by atoms with E-state index in [1.807, 2.05) is 6.07 Å². The molecule has 0 saturated carbocycles. The van der Waals surface area contributed by atoms with Crippen LogP contribution >= 0.6 is 15.9 Å². The van der Waals surface area contributed by atoms with Gasteiger partial charge in [0.2, 0.25) is 0 Å². The highest BCUT2D eigenvalue weighted by Gasteiger charge is 2.35. The monoisotopic (exact) mass is 355 g/mol. The van der Waals surface area contributed by atoms with Crippen LogP contribution < -0.4 is 14.8 Å². The third-order valence-electron chi connectivity index (χ3n) is 4.42. The Morgan fingerprint density at radius 3 is 2.67 bits per heavy atom. The molecule has 4 heteroatoms. The predicted octanol–water partition coefficient (Wildman–Crippen LogP) is 4.63. The first-order chi connectivity index (χ1) is 10.2. The maximum Gasteiger partial charge on any atom is 0.141 e. The predicted molar refractivity (Wildman–Crippen MR) is 90.3 cm³/mol. The molecule has 21 heavy (non-hydrogen) atoms. The summed E-state index contributed by atoms with van der Waals surface area (Å²) in [4.78, 5) is 0. The number of nitrogens with one attached hydrogen (secondary N) is 1. The molecule has 0 aromatic heterocycles. The number of halogens is 1. The zero-order valence-electron chi connectivity index (χ0n) is 13.3. The van der Waals surface area contributed by atoms with Crippen LogP contribution in [0.1, 0.15) is 51.0 Å². The van der Waals surface area contributed by atoms with Crippen LogP contribution in [0, 0.1) is 0 Å². The summed E-state index contributed by atoms with van der Waals surface area (Å²) in [5.74, 6) is 1.72. The first-order valence-corrected chi connectivity index (χ1v) is 8.64. The van der Waals surface area contributed by atoms with Gasteiger partial charge in [0.25, 0.3) is 0 Å². The quantitative estimate of drug-likeness (QED) is 0.835. The molecule has 1 unspecified atom stereocenters. The molecule has 1 aromatic carbocycles. The van der Waals surface area contributed by atoms with Crippen molar-refractivity contribution >= 4 is 15.9 Å². The lowest BCUT2D eigenvalue weighted by atomic mass is 9.81. The topological polar surface area (TPSA) is 30.5 Å². The number of ether oxygens (including phenoxy) is 2. The molecule has 0 spiro atoms. The third-order valence-corrected chi connectivity index (χ3v) is 5.17. The van der Waals surface area contributed by atoms with Gasteiger partial charge in [0, 0.05) is 11.1 Å². The highest BCUT2D eigenvalue weighted by molar-refractivity contribution is 9.10. The second kappa shape index (κ2) is 7.50. The van der Waals surface area contributed by atoms with E-state index in [2.05, 4.69) is 34.2 Å². The summed E-state index contributed by atoms with van der Waals surface area (Å²) < 4.78 is 12.0. The fourth-order valence-electron chi connectivity index (χ4n) is 3.42. The van der Waals surface area contributed by atoms with Gasteiger partial charge in [-0.2, -0.15) is 0 Å². The normalized spacial score (nSPS) is 22.7. The van der Waals surface area contributed by atoms with Crippen LogP contribution in [-0.2, 0) is 5.54 Å². The molecule has 1 aliphatic rings. The van der Waals surface area contributed by atoms with Crippen molar-refractivity contribution in [2.45, 2.75) is 51.0 Å². The molecular formula is C17H26BrNO2. The van der Waals surface area contributed by atoms with Gasteiger partial charge in [-0.15, -0.1) is 0 Å². The summed E-state index contributed by atoms with van der Waals surface area (Å²) >= 11 is 3.64. The van der Waals surface area contributed by atoms with Crippen molar-refractivity contribution in [3.63, 3.8) is 0 Å². The molecule has 1 aliphatic heterocycles. The number of hydrogen-bond acceptors (Lipinski definition) is 3. The minimum atomic E-state index is 0.0192. The van der Waals surface area contributed by atoms with E-state index in [1.165, 1.54) is 24.8 Å². The summed E-state index contributed by atoms with van der Waals surface area (Å²) in [5.41, 5.74) is 1.27. The Morgan fingerprint density at radius 1 is 1.19 bits per heavy atom. The Morgan fingerprint density at radius 2 is 2.00 bits per heavy atom. The average molecular weight is 356 g/mol. The molecule has 1 saturated heterocycles. The molecule has 1 aromatic rings. The molecule has 1 atom stereocenters. The Balaban J connectivity index is 2.51. The fourth-order valence-corrected chi connectivity index (χ4v) is 4.09. The average Bonchev–Trinajstić information content (AvgIpc) is 2.73. The largest absolute Gasteiger partial charge is 0.495 e. The standard InChI is InChI=1S/C17H26BrNO2/c1-4-10-17(11-6-5-7-12-19-17)13-8-9-14(20-2)15(18)16(13)21-3/h8-9,19H,4-7,10-12H2,1-3H3. The second-order valence-electron chi connectivity index (χ2n) is 5.73. The van der Waals surface area contributed by atoms with Gasteiger partial charge in [0.15, 0.2) is 0 Å². The van der Waals surface area contributed by atoms with Crippen molar-refractivity contribution in [1.29, 1.82) is 0 Å². The zero-order valence-corrected chi connectivity index (χ0v) is 14.9. The number of benzene rings is 1. The zero-order chi connectivity index (χ0) is 15.3. The van der Waals surface area contributed by atoms with Crippen molar-refractivity contribution in [2.24, 2.45) is 0 Å². The minimum Gasteiger partial charge on any atom is -0.495 e. The summed E-state index contributed by atoms with van der Waals surface area (Å²) in [5, 5.41) is 3.81. The number of rotatable bonds is 5. The van der Waals surface area contributed by atoms with E-state index < -0.39 is 0 Å². The summed E-state index contributed by atoms with van der Waals surface area (Å²) in [6.07, 6.45) is 7.26. The van der Waals surface area contributed by atoms with E-state index in [4.69, 9.17) is 9.47 Å². The Labute approximate surface area is 136 Å². The lowest BCUT2D eigenvalue weighted by molar-refractivity contribution is 0.281. The molecule has 1 N–H and O–H groups in total. The molecule has 2 rings (SSSR count). The third kappa shape index (κ3) is 3.37. The molecule has 0 aliphatic carbocycles. The maximum absolute atomic E-state index is 5.72. The first-order valence-electron chi connectivity index (χ1n) is 7.84. The maximum atomic E-state index is 5.72. The van der Waals surface area contributed by atoms with E-state index in [-0.39, 0.29) is 5.54 Å². The Bertz CT molecular complexity index is 468. The van der Waals surface area contributed by atoms with Gasteiger partial charge in [-0.25, -0.2) is 0 Å². The van der Waals surface area contributed by atoms with E-state index in [9.17, 15) is 0 Å². The van der Waals surface area contributed by atoms with Crippen LogP contribution in [0.2, 0.25) is 0 Å². The van der Waals surface area contributed by atoms with Crippen LogP contribution in [-0.4, -0.2) is 20.8 Å². The van der Waals surface area contributed by atoms with Crippen molar-refractivity contribution < 1.29 is 9.47 Å². The smallest absolute Gasteiger partial charge is 0.141 e. The van der Waals surface area contributed by atoms with E-state index in [0.29, 0.717) is 0 Å². The van der Waals surface area contributed by atoms with E-state index >= 15 is 0 Å². The molecule has 1 fully saturated rings. The van der Waals surface area contributed by atoms with Gasteiger partial charge in [-0.3, -0.25) is 0 Å².